The fourth-order valence-electron chi connectivity index (χ4n) is 3.59. The van der Waals surface area contributed by atoms with Gasteiger partial charge in [0.1, 0.15) is 0 Å². The number of hydrogen-bond donors (Lipinski definition) is 0. The summed E-state index contributed by atoms with van der Waals surface area (Å²) in [6.45, 7) is 0.897. The van der Waals surface area contributed by atoms with Gasteiger partial charge in [-0.3, -0.25) is 4.79 Å². The van der Waals surface area contributed by atoms with Crippen LogP contribution < -0.4 is 0 Å². The van der Waals surface area contributed by atoms with Crippen molar-refractivity contribution in [2.24, 2.45) is 0 Å². The number of amides is 1. The molecule has 1 aromatic heterocycles. The van der Waals surface area contributed by atoms with Crippen LogP contribution in [0, 0.1) is 0 Å². The largest absolute Gasteiger partial charge is 0.334 e. The summed E-state index contributed by atoms with van der Waals surface area (Å²) < 4.78 is 25.7. The summed E-state index contributed by atoms with van der Waals surface area (Å²) in [7, 11) is -3.10. The second-order valence-electron chi connectivity index (χ2n) is 7.46. The van der Waals surface area contributed by atoms with Crippen LogP contribution in [0.25, 0.3) is 0 Å². The van der Waals surface area contributed by atoms with Crippen molar-refractivity contribution < 1.29 is 13.2 Å². The highest BCUT2D eigenvalue weighted by Crippen LogP contribution is 2.23. The molecular formula is C21H23N5O3S2. The highest BCUT2D eigenvalue weighted by Gasteiger charge is 2.34. The van der Waals surface area contributed by atoms with Gasteiger partial charge in [0, 0.05) is 12.6 Å². The number of rotatable bonds is 8. The second kappa shape index (κ2) is 9.61. The van der Waals surface area contributed by atoms with Crippen molar-refractivity contribution >= 4 is 27.5 Å². The third-order valence-electron chi connectivity index (χ3n) is 5.16. The normalized spacial score (nSPS) is 17.5. The second-order valence-corrected chi connectivity index (χ2v) is 10.6. The number of benzene rings is 2. The molecule has 2 heterocycles. The van der Waals surface area contributed by atoms with Gasteiger partial charge in [-0.15, -0.1) is 5.10 Å². The Bertz CT molecular complexity index is 1120. The van der Waals surface area contributed by atoms with Crippen LogP contribution in [-0.2, 0) is 27.7 Å². The van der Waals surface area contributed by atoms with Gasteiger partial charge in [0.15, 0.2) is 9.84 Å². The van der Waals surface area contributed by atoms with Crippen molar-refractivity contribution in [2.75, 3.05) is 17.3 Å². The van der Waals surface area contributed by atoms with Crippen LogP contribution in [0.4, 0.5) is 0 Å². The van der Waals surface area contributed by atoms with Crippen LogP contribution in [0.15, 0.2) is 65.8 Å². The lowest BCUT2D eigenvalue weighted by Gasteiger charge is -2.28. The monoisotopic (exact) mass is 457 g/mol. The Morgan fingerprint density at radius 3 is 2.39 bits per heavy atom. The van der Waals surface area contributed by atoms with Gasteiger partial charge in [-0.1, -0.05) is 72.4 Å². The maximum Gasteiger partial charge on any atom is 0.233 e. The number of sulfone groups is 1. The molecule has 1 atom stereocenters. The van der Waals surface area contributed by atoms with E-state index in [0.717, 1.165) is 11.1 Å². The van der Waals surface area contributed by atoms with E-state index in [1.165, 1.54) is 11.8 Å². The molecule has 1 fully saturated rings. The lowest BCUT2D eigenvalue weighted by atomic mass is 10.1. The lowest BCUT2D eigenvalue weighted by Crippen LogP contribution is -2.41. The molecule has 0 aliphatic carbocycles. The number of nitrogens with zero attached hydrogens (tertiary/aromatic N) is 5. The lowest BCUT2D eigenvalue weighted by molar-refractivity contribution is -0.130. The van der Waals surface area contributed by atoms with E-state index >= 15 is 0 Å². The van der Waals surface area contributed by atoms with E-state index in [1.807, 2.05) is 60.7 Å². The van der Waals surface area contributed by atoms with Crippen LogP contribution in [0.3, 0.4) is 0 Å². The third-order valence-corrected chi connectivity index (χ3v) is 7.86. The van der Waals surface area contributed by atoms with Crippen LogP contribution in [0.2, 0.25) is 0 Å². The minimum absolute atomic E-state index is 0.0159. The summed E-state index contributed by atoms with van der Waals surface area (Å²) in [5.41, 5.74) is 2.03. The SMILES string of the molecule is O=C(CSc1nnnn1Cc1ccccc1)N(Cc1ccccc1)C1CCS(=O)(=O)C1. The topological polar surface area (TPSA) is 98.1 Å². The quantitative estimate of drug-likeness (QED) is 0.477. The van der Waals surface area contributed by atoms with E-state index in [1.54, 1.807) is 9.58 Å². The fourth-order valence-corrected chi connectivity index (χ4v) is 6.08. The van der Waals surface area contributed by atoms with E-state index in [-0.39, 0.29) is 29.2 Å². The zero-order valence-corrected chi connectivity index (χ0v) is 18.5. The van der Waals surface area contributed by atoms with Gasteiger partial charge in [0.2, 0.25) is 11.1 Å². The fraction of sp³-hybridized carbons (Fsp3) is 0.333. The van der Waals surface area contributed by atoms with Gasteiger partial charge in [0.05, 0.1) is 23.8 Å². The Kier molecular flexibility index (Phi) is 6.67. The molecule has 0 radical (unpaired) electrons. The highest BCUT2D eigenvalue weighted by atomic mass is 32.2. The molecule has 0 spiro atoms. The summed E-state index contributed by atoms with van der Waals surface area (Å²) in [6.07, 6.45) is 0.470. The average molecular weight is 458 g/mol. The first kappa shape index (κ1) is 21.5. The molecule has 2 aromatic carbocycles. The number of aromatic nitrogens is 4. The molecule has 3 aromatic rings. The maximum absolute atomic E-state index is 13.1. The van der Waals surface area contributed by atoms with Crippen LogP contribution >= 0.6 is 11.8 Å². The molecule has 1 aliphatic heterocycles. The number of hydrogen-bond acceptors (Lipinski definition) is 7. The Hall–Kier alpha value is -2.72. The molecule has 31 heavy (non-hydrogen) atoms. The number of carbonyl (C=O) groups is 1. The zero-order chi connectivity index (χ0) is 21.7. The summed E-state index contributed by atoms with van der Waals surface area (Å²) in [5, 5.41) is 12.4. The first-order valence-corrected chi connectivity index (χ1v) is 12.8. The highest BCUT2D eigenvalue weighted by molar-refractivity contribution is 7.99. The number of tetrazole rings is 1. The smallest absolute Gasteiger partial charge is 0.233 e. The van der Waals surface area contributed by atoms with Gasteiger partial charge in [0.25, 0.3) is 0 Å². The summed E-state index contributed by atoms with van der Waals surface area (Å²) in [4.78, 5) is 14.8. The van der Waals surface area contributed by atoms with Gasteiger partial charge < -0.3 is 4.90 Å². The van der Waals surface area contributed by atoms with Crippen molar-refractivity contribution in [2.45, 2.75) is 30.7 Å². The molecule has 162 valence electrons. The molecule has 0 bridgehead atoms. The van der Waals surface area contributed by atoms with E-state index in [9.17, 15) is 13.2 Å². The first-order valence-electron chi connectivity index (χ1n) is 9.97. The molecule has 0 N–H and O–H groups in total. The Morgan fingerprint density at radius 2 is 1.74 bits per heavy atom. The van der Waals surface area contributed by atoms with E-state index in [2.05, 4.69) is 15.5 Å². The molecule has 1 aliphatic rings. The Morgan fingerprint density at radius 1 is 1.06 bits per heavy atom. The average Bonchev–Trinajstić information content (AvgIpc) is 3.37. The predicted molar refractivity (Wildman–Crippen MR) is 118 cm³/mol. The molecule has 8 nitrogen and oxygen atoms in total. The van der Waals surface area contributed by atoms with Crippen LogP contribution in [0.1, 0.15) is 17.5 Å². The minimum atomic E-state index is -3.10. The molecule has 10 heteroatoms. The van der Waals surface area contributed by atoms with E-state index < -0.39 is 9.84 Å². The van der Waals surface area contributed by atoms with Gasteiger partial charge >= 0.3 is 0 Å². The molecule has 0 saturated carbocycles. The van der Waals surface area contributed by atoms with Crippen molar-refractivity contribution in [1.82, 2.24) is 25.1 Å². The van der Waals surface area contributed by atoms with Gasteiger partial charge in [-0.2, -0.15) is 0 Å². The van der Waals surface area contributed by atoms with Gasteiger partial charge in [-0.05, 0) is 28.0 Å². The Balaban J connectivity index is 1.45. The molecule has 4 rings (SSSR count). The molecular weight excluding hydrogens is 434 g/mol. The summed E-state index contributed by atoms with van der Waals surface area (Å²) in [6, 6.07) is 19.1. The van der Waals surface area contributed by atoms with Crippen molar-refractivity contribution in [3.05, 3.63) is 71.8 Å². The van der Waals surface area contributed by atoms with E-state index in [0.29, 0.717) is 24.7 Å². The zero-order valence-electron chi connectivity index (χ0n) is 16.9. The van der Waals surface area contributed by atoms with Crippen LogP contribution in [-0.4, -0.2) is 62.7 Å². The number of thioether (sulfide) groups is 1. The first-order chi connectivity index (χ1) is 15.0. The minimum Gasteiger partial charge on any atom is -0.334 e. The third kappa shape index (κ3) is 5.71. The van der Waals surface area contributed by atoms with Crippen molar-refractivity contribution in [3.63, 3.8) is 0 Å². The van der Waals surface area contributed by atoms with Crippen molar-refractivity contribution in [1.29, 1.82) is 0 Å². The van der Waals surface area contributed by atoms with Crippen LogP contribution in [0.5, 0.6) is 0 Å². The molecule has 1 saturated heterocycles. The van der Waals surface area contributed by atoms with Crippen molar-refractivity contribution in [3.8, 4) is 0 Å². The summed E-state index contributed by atoms with van der Waals surface area (Å²) in [5.74, 6) is 0.157. The predicted octanol–water partition coefficient (Wildman–Crippen LogP) is 2.03. The summed E-state index contributed by atoms with van der Waals surface area (Å²) >= 11 is 1.26. The number of carbonyl (C=O) groups excluding carboxylic acids is 1. The van der Waals surface area contributed by atoms with E-state index in [4.69, 9.17) is 0 Å². The molecule has 1 unspecified atom stereocenters. The standard InChI is InChI=1S/C21H23N5O3S2/c27-20(15-30-21-22-23-24-26(21)14-18-9-5-2-6-10-18)25(13-17-7-3-1-4-8-17)19-11-12-31(28,29)16-19/h1-10,19H,11-16H2. The molecule has 1 amide bonds. The maximum atomic E-state index is 13.1. The Labute approximate surface area is 185 Å². The van der Waals surface area contributed by atoms with Gasteiger partial charge in [-0.25, -0.2) is 13.1 Å².